The van der Waals surface area contributed by atoms with Crippen LogP contribution in [0.1, 0.15) is 31.7 Å². The minimum absolute atomic E-state index is 0.0476. The van der Waals surface area contributed by atoms with Crippen LogP contribution in [0.25, 0.3) is 22.2 Å². The first-order valence-electron chi connectivity index (χ1n) is 10.3. The third kappa shape index (κ3) is 4.28. The van der Waals surface area contributed by atoms with E-state index in [-0.39, 0.29) is 24.9 Å². The van der Waals surface area contributed by atoms with E-state index < -0.39 is 11.8 Å². The van der Waals surface area contributed by atoms with Gasteiger partial charge in [-0.25, -0.2) is 4.39 Å². The van der Waals surface area contributed by atoms with E-state index in [0.717, 1.165) is 19.3 Å². The smallest absolute Gasteiger partial charge is 0.325 e. The van der Waals surface area contributed by atoms with E-state index in [1.54, 1.807) is 29.2 Å². The van der Waals surface area contributed by atoms with Crippen molar-refractivity contribution in [1.29, 1.82) is 0 Å². The average molecular weight is 444 g/mol. The van der Waals surface area contributed by atoms with Crippen LogP contribution < -0.4 is 0 Å². The molecule has 0 unspecified atom stereocenters. The molecule has 1 amide bonds. The van der Waals surface area contributed by atoms with E-state index in [4.69, 9.17) is 11.6 Å². The number of nitrogens with zero attached hydrogens (tertiary/aromatic N) is 3. The van der Waals surface area contributed by atoms with E-state index in [9.17, 15) is 19.1 Å². The van der Waals surface area contributed by atoms with Gasteiger partial charge in [-0.15, -0.1) is 0 Å². The van der Waals surface area contributed by atoms with Gasteiger partial charge in [0, 0.05) is 35.0 Å². The standard InChI is InChI=1S/C23H23ClFN3O3/c1-2-27(23(31)14-4-3-5-14)12-15-10-17(25)7-8-18(15)22-19-11-16(24)6-9-20(19)28(26-22)13-21(29)30/h6-11,14H,2-5,12-13H2,1H3,(H,29,30). The Kier molecular flexibility index (Phi) is 5.96. The molecular weight excluding hydrogens is 421 g/mol. The molecule has 0 radical (unpaired) electrons. The van der Waals surface area contributed by atoms with E-state index in [2.05, 4.69) is 5.10 Å². The second-order valence-corrected chi connectivity index (χ2v) is 8.28. The van der Waals surface area contributed by atoms with Crippen LogP contribution in [0.2, 0.25) is 5.02 Å². The van der Waals surface area contributed by atoms with Gasteiger partial charge in [0.25, 0.3) is 0 Å². The molecule has 31 heavy (non-hydrogen) atoms. The molecule has 3 aromatic rings. The Bertz CT molecular complexity index is 1160. The summed E-state index contributed by atoms with van der Waals surface area (Å²) in [4.78, 5) is 25.9. The summed E-state index contributed by atoms with van der Waals surface area (Å²) >= 11 is 6.20. The predicted octanol–water partition coefficient (Wildman–Crippen LogP) is 4.73. The van der Waals surface area contributed by atoms with Crippen molar-refractivity contribution >= 4 is 34.4 Å². The number of aromatic nitrogens is 2. The van der Waals surface area contributed by atoms with Gasteiger partial charge in [-0.3, -0.25) is 14.3 Å². The highest BCUT2D eigenvalue weighted by Crippen LogP contribution is 2.34. The molecule has 6 nitrogen and oxygen atoms in total. The number of hydrogen-bond donors (Lipinski definition) is 1. The lowest BCUT2D eigenvalue weighted by molar-refractivity contribution is -0.139. The maximum Gasteiger partial charge on any atom is 0.325 e. The predicted molar refractivity (Wildman–Crippen MR) is 116 cm³/mol. The number of carboxylic acids is 1. The third-order valence-corrected chi connectivity index (χ3v) is 6.06. The van der Waals surface area contributed by atoms with Gasteiger partial charge in [-0.05, 0) is 61.7 Å². The Morgan fingerprint density at radius 2 is 2.03 bits per heavy atom. The largest absolute Gasteiger partial charge is 0.480 e. The van der Waals surface area contributed by atoms with Crippen molar-refractivity contribution in [2.24, 2.45) is 5.92 Å². The van der Waals surface area contributed by atoms with Crippen molar-refractivity contribution in [3.05, 3.63) is 52.8 Å². The summed E-state index contributed by atoms with van der Waals surface area (Å²) in [6.45, 7) is 2.38. The van der Waals surface area contributed by atoms with Crippen molar-refractivity contribution in [3.8, 4) is 11.3 Å². The summed E-state index contributed by atoms with van der Waals surface area (Å²) in [5.74, 6) is -1.29. The van der Waals surface area contributed by atoms with Gasteiger partial charge in [0.15, 0.2) is 0 Å². The number of carbonyl (C=O) groups is 2. The van der Waals surface area contributed by atoms with Gasteiger partial charge >= 0.3 is 5.97 Å². The molecule has 1 fully saturated rings. The highest BCUT2D eigenvalue weighted by molar-refractivity contribution is 6.31. The molecule has 1 aliphatic carbocycles. The molecule has 0 atom stereocenters. The Morgan fingerprint density at radius 1 is 1.26 bits per heavy atom. The molecule has 1 aliphatic rings. The Hall–Kier alpha value is -2.93. The Balaban J connectivity index is 1.80. The van der Waals surface area contributed by atoms with Gasteiger partial charge < -0.3 is 10.0 Å². The summed E-state index contributed by atoms with van der Waals surface area (Å²) in [5, 5.41) is 15.0. The lowest BCUT2D eigenvalue weighted by atomic mass is 9.84. The minimum atomic E-state index is -1.02. The summed E-state index contributed by atoms with van der Waals surface area (Å²) < 4.78 is 15.6. The van der Waals surface area contributed by atoms with Crippen LogP contribution in [0.5, 0.6) is 0 Å². The third-order valence-electron chi connectivity index (χ3n) is 5.83. The van der Waals surface area contributed by atoms with Crippen molar-refractivity contribution in [1.82, 2.24) is 14.7 Å². The van der Waals surface area contributed by atoms with Crippen molar-refractivity contribution in [2.45, 2.75) is 39.3 Å². The monoisotopic (exact) mass is 443 g/mol. The number of carboxylic acid groups (broad SMARTS) is 1. The van der Waals surface area contributed by atoms with Crippen molar-refractivity contribution in [2.75, 3.05) is 6.54 Å². The highest BCUT2D eigenvalue weighted by Gasteiger charge is 2.29. The fourth-order valence-electron chi connectivity index (χ4n) is 3.99. The number of amides is 1. The molecule has 0 aliphatic heterocycles. The van der Waals surface area contributed by atoms with Gasteiger partial charge in [0.05, 0.1) is 5.52 Å². The fraction of sp³-hybridized carbons (Fsp3) is 0.348. The molecule has 1 N–H and O–H groups in total. The van der Waals surface area contributed by atoms with Gasteiger partial charge in [-0.2, -0.15) is 5.10 Å². The first-order chi connectivity index (χ1) is 14.9. The quantitative estimate of drug-likeness (QED) is 0.572. The molecule has 1 aromatic heterocycles. The molecule has 2 aromatic carbocycles. The molecule has 1 saturated carbocycles. The topological polar surface area (TPSA) is 75.4 Å². The maximum absolute atomic E-state index is 14.2. The molecule has 162 valence electrons. The number of aliphatic carboxylic acids is 1. The second-order valence-electron chi connectivity index (χ2n) is 7.84. The van der Waals surface area contributed by atoms with Crippen LogP contribution >= 0.6 is 11.6 Å². The highest BCUT2D eigenvalue weighted by atomic mass is 35.5. The van der Waals surface area contributed by atoms with Gasteiger partial charge in [0.2, 0.25) is 5.91 Å². The number of fused-ring (bicyclic) bond motifs is 1. The molecule has 1 heterocycles. The van der Waals surface area contributed by atoms with Crippen molar-refractivity contribution < 1.29 is 19.1 Å². The molecule has 4 rings (SSSR count). The minimum Gasteiger partial charge on any atom is -0.480 e. The Labute approximate surface area is 184 Å². The normalized spacial score (nSPS) is 13.9. The molecule has 8 heteroatoms. The number of halogens is 2. The zero-order chi connectivity index (χ0) is 22.1. The average Bonchev–Trinajstić information content (AvgIpc) is 3.01. The SMILES string of the molecule is CCN(Cc1cc(F)ccc1-c1nn(CC(=O)O)c2ccc(Cl)cc12)C(=O)C1CCC1. The van der Waals surface area contributed by atoms with Crippen LogP contribution in [0.3, 0.4) is 0 Å². The number of rotatable bonds is 7. The van der Waals surface area contributed by atoms with Gasteiger partial charge in [0.1, 0.15) is 18.1 Å². The summed E-state index contributed by atoms with van der Waals surface area (Å²) in [7, 11) is 0. The van der Waals surface area contributed by atoms with E-state index in [1.807, 2.05) is 6.92 Å². The first-order valence-corrected chi connectivity index (χ1v) is 10.7. The first kappa shape index (κ1) is 21.3. The van der Waals surface area contributed by atoms with Gasteiger partial charge in [-0.1, -0.05) is 18.0 Å². The number of hydrogen-bond acceptors (Lipinski definition) is 3. The summed E-state index contributed by atoms with van der Waals surface area (Å²) in [6, 6.07) is 9.50. The second kappa shape index (κ2) is 8.67. The van der Waals surface area contributed by atoms with Crippen LogP contribution in [-0.4, -0.2) is 38.2 Å². The molecular formula is C23H23ClFN3O3. The lowest BCUT2D eigenvalue weighted by Crippen LogP contribution is -2.38. The van der Waals surface area contributed by atoms with Crippen LogP contribution in [-0.2, 0) is 22.7 Å². The van der Waals surface area contributed by atoms with Crippen molar-refractivity contribution in [3.63, 3.8) is 0 Å². The molecule has 0 bridgehead atoms. The molecule has 0 saturated heterocycles. The van der Waals surface area contributed by atoms with E-state index in [1.165, 1.54) is 16.8 Å². The number of benzene rings is 2. The summed E-state index contributed by atoms with van der Waals surface area (Å²) in [5.41, 5.74) is 2.41. The molecule has 0 spiro atoms. The maximum atomic E-state index is 14.2. The lowest BCUT2D eigenvalue weighted by Gasteiger charge is -2.31. The van der Waals surface area contributed by atoms with Crippen LogP contribution in [0.4, 0.5) is 4.39 Å². The van der Waals surface area contributed by atoms with Crippen LogP contribution in [0.15, 0.2) is 36.4 Å². The summed E-state index contributed by atoms with van der Waals surface area (Å²) in [6.07, 6.45) is 2.86. The zero-order valence-electron chi connectivity index (χ0n) is 17.1. The van der Waals surface area contributed by atoms with Crippen LogP contribution in [0, 0.1) is 11.7 Å². The fourth-order valence-corrected chi connectivity index (χ4v) is 4.16. The van der Waals surface area contributed by atoms with E-state index in [0.29, 0.717) is 39.3 Å². The van der Waals surface area contributed by atoms with E-state index >= 15 is 0 Å². The zero-order valence-corrected chi connectivity index (χ0v) is 17.9. The Morgan fingerprint density at radius 3 is 2.68 bits per heavy atom. The number of carbonyl (C=O) groups excluding carboxylic acids is 1.